The van der Waals surface area contributed by atoms with Gasteiger partial charge in [-0.05, 0) is 44.0 Å². The highest BCUT2D eigenvalue weighted by Crippen LogP contribution is 2.17. The van der Waals surface area contributed by atoms with Crippen LogP contribution in [0.15, 0.2) is 29.6 Å². The largest absolute Gasteiger partial charge is 0.354 e. The molecule has 0 spiro atoms. The number of amides is 2. The second-order valence-corrected chi connectivity index (χ2v) is 6.34. The fourth-order valence-electron chi connectivity index (χ4n) is 1.94. The number of carbonyl (C=O) groups is 2. The number of aryl methyl sites for hydroxylation is 1. The van der Waals surface area contributed by atoms with Crippen molar-refractivity contribution in [2.75, 3.05) is 5.32 Å². The first-order chi connectivity index (χ1) is 11.5. The summed E-state index contributed by atoms with van der Waals surface area (Å²) >= 11 is 1.30. The first-order valence-corrected chi connectivity index (χ1v) is 8.66. The molecule has 1 atom stereocenters. The molecule has 2 rings (SSSR count). The quantitative estimate of drug-likeness (QED) is 0.805. The van der Waals surface area contributed by atoms with Crippen molar-refractivity contribution >= 4 is 28.3 Å². The van der Waals surface area contributed by atoms with Crippen molar-refractivity contribution in [3.8, 4) is 0 Å². The van der Waals surface area contributed by atoms with Crippen LogP contribution in [0.5, 0.6) is 0 Å². The summed E-state index contributed by atoms with van der Waals surface area (Å²) in [5.74, 6) is -0.738. The van der Waals surface area contributed by atoms with Gasteiger partial charge in [0.25, 0.3) is 5.91 Å². The van der Waals surface area contributed by atoms with Gasteiger partial charge in [-0.3, -0.25) is 14.9 Å². The topological polar surface area (TPSA) is 71.1 Å². The number of nitrogens with zero attached hydrogens (tertiary/aromatic N) is 1. The van der Waals surface area contributed by atoms with Gasteiger partial charge in [0.2, 0.25) is 5.91 Å². The molecule has 0 aliphatic rings. The van der Waals surface area contributed by atoms with Gasteiger partial charge in [0.15, 0.2) is 5.13 Å². The van der Waals surface area contributed by atoms with Gasteiger partial charge in [-0.2, -0.15) is 0 Å². The van der Waals surface area contributed by atoms with E-state index < -0.39 is 5.82 Å². The standard InChI is InChI=1S/C17H20FN3O2S/c1-3-11(2)19-15(22)9-8-14-10-24-17(20-14)21-16(23)12-4-6-13(18)7-5-12/h4-7,10-11H,3,8-9H2,1-2H3,(H,19,22)(H,20,21,23). The van der Waals surface area contributed by atoms with E-state index in [0.717, 1.165) is 12.1 Å². The lowest BCUT2D eigenvalue weighted by Crippen LogP contribution is -2.32. The number of hydrogen-bond acceptors (Lipinski definition) is 4. The van der Waals surface area contributed by atoms with Crippen LogP contribution in [0.2, 0.25) is 0 Å². The predicted octanol–water partition coefficient (Wildman–Crippen LogP) is 3.38. The summed E-state index contributed by atoms with van der Waals surface area (Å²) in [7, 11) is 0. The number of rotatable bonds is 7. The lowest BCUT2D eigenvalue weighted by molar-refractivity contribution is -0.121. The van der Waals surface area contributed by atoms with Crippen LogP contribution in [0.1, 0.15) is 42.7 Å². The second-order valence-electron chi connectivity index (χ2n) is 5.48. The van der Waals surface area contributed by atoms with E-state index >= 15 is 0 Å². The fourth-order valence-corrected chi connectivity index (χ4v) is 2.68. The van der Waals surface area contributed by atoms with Crippen molar-refractivity contribution < 1.29 is 14.0 Å². The van der Waals surface area contributed by atoms with E-state index in [1.165, 1.54) is 35.6 Å². The Labute approximate surface area is 144 Å². The van der Waals surface area contributed by atoms with Gasteiger partial charge in [0.05, 0.1) is 5.69 Å². The number of thiazole rings is 1. The first kappa shape index (κ1) is 18.1. The van der Waals surface area contributed by atoms with Gasteiger partial charge < -0.3 is 5.32 Å². The SMILES string of the molecule is CCC(C)NC(=O)CCc1csc(NC(=O)c2ccc(F)cc2)n1. The summed E-state index contributed by atoms with van der Waals surface area (Å²) in [4.78, 5) is 28.1. The van der Waals surface area contributed by atoms with Crippen molar-refractivity contribution in [3.05, 3.63) is 46.7 Å². The molecule has 1 heterocycles. The average Bonchev–Trinajstić information content (AvgIpc) is 3.00. The molecule has 0 bridgehead atoms. The Hall–Kier alpha value is -2.28. The van der Waals surface area contributed by atoms with Gasteiger partial charge in [0, 0.05) is 23.4 Å². The minimum absolute atomic E-state index is 0.00533. The molecule has 24 heavy (non-hydrogen) atoms. The van der Waals surface area contributed by atoms with E-state index in [0.29, 0.717) is 23.5 Å². The second kappa shape index (κ2) is 8.54. The Morgan fingerprint density at radius 3 is 2.67 bits per heavy atom. The molecule has 1 aromatic carbocycles. The summed E-state index contributed by atoms with van der Waals surface area (Å²) in [5.41, 5.74) is 1.12. The number of benzene rings is 1. The summed E-state index contributed by atoms with van der Waals surface area (Å²) in [6, 6.07) is 5.46. The maximum Gasteiger partial charge on any atom is 0.257 e. The van der Waals surface area contributed by atoms with Crippen molar-refractivity contribution in [1.82, 2.24) is 10.3 Å². The molecule has 2 aromatic rings. The maximum atomic E-state index is 12.9. The van der Waals surface area contributed by atoms with Crippen molar-refractivity contribution in [3.63, 3.8) is 0 Å². The number of hydrogen-bond donors (Lipinski definition) is 2. The molecule has 0 radical (unpaired) electrons. The smallest absolute Gasteiger partial charge is 0.257 e. The van der Waals surface area contributed by atoms with E-state index in [1.807, 2.05) is 19.2 Å². The maximum absolute atomic E-state index is 12.9. The third-order valence-electron chi connectivity index (χ3n) is 3.51. The Morgan fingerprint density at radius 1 is 1.29 bits per heavy atom. The average molecular weight is 349 g/mol. The molecule has 5 nitrogen and oxygen atoms in total. The Morgan fingerprint density at radius 2 is 2.00 bits per heavy atom. The van der Waals surface area contributed by atoms with Crippen LogP contribution in [-0.2, 0) is 11.2 Å². The molecule has 0 saturated carbocycles. The number of anilines is 1. The van der Waals surface area contributed by atoms with E-state index in [2.05, 4.69) is 15.6 Å². The first-order valence-electron chi connectivity index (χ1n) is 7.78. The van der Waals surface area contributed by atoms with Crippen LogP contribution >= 0.6 is 11.3 Å². The zero-order valence-electron chi connectivity index (χ0n) is 13.6. The summed E-state index contributed by atoms with van der Waals surface area (Å²) in [6.45, 7) is 3.98. The number of halogens is 1. The molecule has 0 saturated heterocycles. The zero-order chi connectivity index (χ0) is 17.5. The van der Waals surface area contributed by atoms with E-state index in [-0.39, 0.29) is 17.9 Å². The van der Waals surface area contributed by atoms with E-state index in [4.69, 9.17) is 0 Å². The van der Waals surface area contributed by atoms with Crippen molar-refractivity contribution in [2.24, 2.45) is 0 Å². The van der Waals surface area contributed by atoms with Gasteiger partial charge in [-0.1, -0.05) is 6.92 Å². The summed E-state index contributed by atoms with van der Waals surface area (Å²) in [5, 5.41) is 7.85. The van der Waals surface area contributed by atoms with Crippen LogP contribution in [0.25, 0.3) is 0 Å². The predicted molar refractivity (Wildman–Crippen MR) is 92.7 cm³/mol. The number of aromatic nitrogens is 1. The molecule has 0 fully saturated rings. The van der Waals surface area contributed by atoms with Crippen LogP contribution < -0.4 is 10.6 Å². The molecule has 0 aliphatic heterocycles. The molecule has 7 heteroatoms. The van der Waals surface area contributed by atoms with Crippen LogP contribution in [0, 0.1) is 5.82 Å². The summed E-state index contributed by atoms with van der Waals surface area (Å²) < 4.78 is 12.9. The lowest BCUT2D eigenvalue weighted by Gasteiger charge is -2.10. The van der Waals surface area contributed by atoms with Gasteiger partial charge in [0.1, 0.15) is 5.82 Å². The Kier molecular flexibility index (Phi) is 6.43. The normalized spacial score (nSPS) is 11.8. The van der Waals surface area contributed by atoms with E-state index in [1.54, 1.807) is 0 Å². The van der Waals surface area contributed by atoms with Crippen molar-refractivity contribution in [1.29, 1.82) is 0 Å². The van der Waals surface area contributed by atoms with Crippen LogP contribution in [0.3, 0.4) is 0 Å². The van der Waals surface area contributed by atoms with Gasteiger partial charge in [-0.25, -0.2) is 9.37 Å². The molecule has 2 amide bonds. The molecule has 1 aromatic heterocycles. The molecule has 2 N–H and O–H groups in total. The van der Waals surface area contributed by atoms with Gasteiger partial charge in [-0.15, -0.1) is 11.3 Å². The molecular weight excluding hydrogens is 329 g/mol. The summed E-state index contributed by atoms with van der Waals surface area (Å²) in [6.07, 6.45) is 1.77. The molecule has 0 aliphatic carbocycles. The van der Waals surface area contributed by atoms with E-state index in [9.17, 15) is 14.0 Å². The highest BCUT2D eigenvalue weighted by molar-refractivity contribution is 7.14. The fraction of sp³-hybridized carbons (Fsp3) is 0.353. The third kappa shape index (κ3) is 5.42. The zero-order valence-corrected chi connectivity index (χ0v) is 14.5. The van der Waals surface area contributed by atoms with Crippen LogP contribution in [0.4, 0.5) is 9.52 Å². The molecule has 1 unspecified atom stereocenters. The monoisotopic (exact) mass is 349 g/mol. The van der Waals surface area contributed by atoms with Crippen LogP contribution in [-0.4, -0.2) is 22.8 Å². The highest BCUT2D eigenvalue weighted by Gasteiger charge is 2.11. The Bertz CT molecular complexity index is 700. The molecular formula is C17H20FN3O2S. The highest BCUT2D eigenvalue weighted by atomic mass is 32.1. The molecule has 128 valence electrons. The van der Waals surface area contributed by atoms with Crippen molar-refractivity contribution in [2.45, 2.75) is 39.2 Å². The number of carbonyl (C=O) groups excluding carboxylic acids is 2. The third-order valence-corrected chi connectivity index (χ3v) is 4.31. The minimum atomic E-state index is -0.390. The minimum Gasteiger partial charge on any atom is -0.354 e. The lowest BCUT2D eigenvalue weighted by atomic mass is 10.2. The van der Waals surface area contributed by atoms with Gasteiger partial charge >= 0.3 is 0 Å². The Balaban J connectivity index is 1.85. The number of nitrogens with one attached hydrogen (secondary N) is 2.